The third-order valence-corrected chi connectivity index (χ3v) is 4.85. The highest BCUT2D eigenvalue weighted by Crippen LogP contribution is 2.36. The summed E-state index contributed by atoms with van der Waals surface area (Å²) in [7, 11) is 0. The van der Waals surface area contributed by atoms with Gasteiger partial charge in [0.25, 0.3) is 5.91 Å². The molecule has 0 aromatic heterocycles. The first-order chi connectivity index (χ1) is 12.0. The number of amides is 1. The Hall–Kier alpha value is -1.55. The minimum Gasteiger partial charge on any atom is -0.493 e. The van der Waals surface area contributed by atoms with E-state index in [9.17, 15) is 4.79 Å². The Balaban J connectivity index is 2.10. The van der Waals surface area contributed by atoms with Crippen LogP contribution in [0.3, 0.4) is 0 Å². The molecule has 25 heavy (non-hydrogen) atoms. The minimum absolute atomic E-state index is 0.00544. The number of hydrogen-bond acceptors (Lipinski definition) is 3. The minimum atomic E-state index is -0.682. The normalized spacial score (nSPS) is 23.3. The Labute approximate surface area is 152 Å². The number of ether oxygens (including phenoxy) is 2. The van der Waals surface area contributed by atoms with E-state index in [1.54, 1.807) is 0 Å². The highest BCUT2D eigenvalue weighted by Gasteiger charge is 2.42. The summed E-state index contributed by atoms with van der Waals surface area (Å²) in [4.78, 5) is 13.0. The van der Waals surface area contributed by atoms with Crippen molar-refractivity contribution in [3.63, 3.8) is 0 Å². The Morgan fingerprint density at radius 1 is 1.28 bits per heavy atom. The molecule has 4 heteroatoms. The molecular formula is C21H33NO3. The van der Waals surface area contributed by atoms with Crippen LogP contribution in [0.1, 0.15) is 64.9 Å². The lowest BCUT2D eigenvalue weighted by atomic mass is 9.78. The molecule has 1 aromatic carbocycles. The van der Waals surface area contributed by atoms with E-state index in [2.05, 4.69) is 26.1 Å². The maximum Gasteiger partial charge on any atom is 0.256 e. The molecular weight excluding hydrogens is 314 g/mol. The predicted molar refractivity (Wildman–Crippen MR) is 102 cm³/mol. The van der Waals surface area contributed by atoms with Crippen LogP contribution in [0, 0.1) is 12.8 Å². The molecule has 0 heterocycles. The number of carbonyl (C=O) groups excluding carboxylic acids is 1. The van der Waals surface area contributed by atoms with Crippen LogP contribution >= 0.6 is 0 Å². The zero-order valence-corrected chi connectivity index (χ0v) is 16.2. The molecule has 1 saturated carbocycles. The van der Waals surface area contributed by atoms with Crippen LogP contribution in [0.15, 0.2) is 18.2 Å². The fraction of sp³-hybridized carbons (Fsp3) is 0.667. The summed E-state index contributed by atoms with van der Waals surface area (Å²) in [5.41, 5.74) is 1.16. The van der Waals surface area contributed by atoms with Gasteiger partial charge in [-0.1, -0.05) is 27.2 Å². The van der Waals surface area contributed by atoms with Gasteiger partial charge in [-0.25, -0.2) is 0 Å². The molecule has 0 bridgehead atoms. The lowest BCUT2D eigenvalue weighted by molar-refractivity contribution is -0.148. The highest BCUT2D eigenvalue weighted by molar-refractivity contribution is 5.97. The van der Waals surface area contributed by atoms with Crippen molar-refractivity contribution in [2.45, 2.75) is 71.8 Å². The van der Waals surface area contributed by atoms with Crippen molar-refractivity contribution < 1.29 is 14.3 Å². The largest absolute Gasteiger partial charge is 0.493 e. The second kappa shape index (κ2) is 9.23. The van der Waals surface area contributed by atoms with E-state index in [-0.39, 0.29) is 5.91 Å². The summed E-state index contributed by atoms with van der Waals surface area (Å²) < 4.78 is 11.8. The van der Waals surface area contributed by atoms with Gasteiger partial charge in [-0.15, -0.1) is 0 Å². The molecule has 0 spiro atoms. The van der Waals surface area contributed by atoms with E-state index in [0.29, 0.717) is 19.1 Å². The van der Waals surface area contributed by atoms with Gasteiger partial charge in [-0.3, -0.25) is 4.79 Å². The number of anilines is 1. The lowest BCUT2D eigenvalue weighted by Crippen LogP contribution is -2.48. The van der Waals surface area contributed by atoms with Crippen molar-refractivity contribution in [3.8, 4) is 5.75 Å². The highest BCUT2D eigenvalue weighted by atomic mass is 16.5. The number of rotatable bonds is 8. The zero-order chi connectivity index (χ0) is 18.3. The van der Waals surface area contributed by atoms with Crippen LogP contribution in [0.2, 0.25) is 0 Å². The van der Waals surface area contributed by atoms with Gasteiger partial charge in [0.15, 0.2) is 0 Å². The fourth-order valence-electron chi connectivity index (χ4n) is 3.55. The average molecular weight is 347 g/mol. The van der Waals surface area contributed by atoms with Gasteiger partial charge >= 0.3 is 0 Å². The van der Waals surface area contributed by atoms with Crippen LogP contribution in [0.4, 0.5) is 5.69 Å². The van der Waals surface area contributed by atoms with Gasteiger partial charge in [-0.2, -0.15) is 0 Å². The zero-order valence-electron chi connectivity index (χ0n) is 16.2. The first-order valence-electron chi connectivity index (χ1n) is 9.69. The standard InChI is InChI=1S/C21H33NO3/c1-5-12-24-19-10-9-18(14-17(19)4)22-20(23)21(25-13-6-2)11-7-8-16(3)15-21/h9-10,14,16H,5-8,11-13,15H2,1-4H3,(H,22,23)/t16-,21+/m1/s1. The summed E-state index contributed by atoms with van der Waals surface area (Å²) in [5, 5.41) is 3.09. The van der Waals surface area contributed by atoms with E-state index in [1.807, 2.05) is 25.1 Å². The predicted octanol–water partition coefficient (Wildman–Crippen LogP) is 5.10. The Kier molecular flexibility index (Phi) is 7.30. The van der Waals surface area contributed by atoms with Crippen molar-refractivity contribution in [2.24, 2.45) is 5.92 Å². The molecule has 0 unspecified atom stereocenters. The monoisotopic (exact) mass is 347 g/mol. The van der Waals surface area contributed by atoms with Crippen molar-refractivity contribution >= 4 is 11.6 Å². The van der Waals surface area contributed by atoms with E-state index in [1.165, 1.54) is 6.42 Å². The topological polar surface area (TPSA) is 47.6 Å². The third-order valence-electron chi connectivity index (χ3n) is 4.85. The summed E-state index contributed by atoms with van der Waals surface area (Å²) in [6, 6.07) is 5.82. The molecule has 1 fully saturated rings. The molecule has 1 aromatic rings. The number of nitrogens with one attached hydrogen (secondary N) is 1. The Morgan fingerprint density at radius 3 is 2.68 bits per heavy atom. The van der Waals surface area contributed by atoms with E-state index in [4.69, 9.17) is 9.47 Å². The molecule has 1 N–H and O–H groups in total. The van der Waals surface area contributed by atoms with Crippen molar-refractivity contribution in [1.82, 2.24) is 0 Å². The molecule has 1 aliphatic carbocycles. The number of hydrogen-bond donors (Lipinski definition) is 1. The number of aryl methyl sites for hydroxylation is 1. The van der Waals surface area contributed by atoms with E-state index in [0.717, 1.165) is 49.1 Å². The summed E-state index contributed by atoms with van der Waals surface area (Å²) in [6.07, 6.45) is 5.73. The van der Waals surface area contributed by atoms with Crippen molar-refractivity contribution in [1.29, 1.82) is 0 Å². The second-order valence-corrected chi connectivity index (χ2v) is 7.33. The first kappa shape index (κ1) is 19.8. The molecule has 1 aliphatic rings. The summed E-state index contributed by atoms with van der Waals surface area (Å²) in [5.74, 6) is 1.39. The Morgan fingerprint density at radius 2 is 2.04 bits per heavy atom. The van der Waals surface area contributed by atoms with E-state index < -0.39 is 5.60 Å². The van der Waals surface area contributed by atoms with Gasteiger partial charge in [0.05, 0.1) is 6.61 Å². The summed E-state index contributed by atoms with van der Waals surface area (Å²) >= 11 is 0. The van der Waals surface area contributed by atoms with Crippen molar-refractivity contribution in [2.75, 3.05) is 18.5 Å². The maximum absolute atomic E-state index is 13.0. The SMILES string of the molecule is CCCOc1ccc(NC(=O)[C@]2(OCCC)CCC[C@@H](C)C2)cc1C. The van der Waals surface area contributed by atoms with Crippen LogP contribution in [-0.4, -0.2) is 24.7 Å². The first-order valence-corrected chi connectivity index (χ1v) is 9.69. The van der Waals surface area contributed by atoms with Gasteiger partial charge < -0.3 is 14.8 Å². The molecule has 140 valence electrons. The van der Waals surface area contributed by atoms with Gasteiger partial charge in [0, 0.05) is 12.3 Å². The molecule has 0 radical (unpaired) electrons. The number of benzene rings is 1. The molecule has 0 saturated heterocycles. The molecule has 0 aliphatic heterocycles. The maximum atomic E-state index is 13.0. The number of carbonyl (C=O) groups is 1. The van der Waals surface area contributed by atoms with E-state index >= 15 is 0 Å². The van der Waals surface area contributed by atoms with Crippen LogP contribution in [-0.2, 0) is 9.53 Å². The molecule has 1 amide bonds. The smallest absolute Gasteiger partial charge is 0.256 e. The molecule has 2 atom stereocenters. The van der Waals surface area contributed by atoms with Crippen LogP contribution in [0.25, 0.3) is 0 Å². The molecule has 4 nitrogen and oxygen atoms in total. The average Bonchev–Trinajstić information content (AvgIpc) is 2.59. The van der Waals surface area contributed by atoms with Gasteiger partial charge in [0.2, 0.25) is 0 Å². The quantitative estimate of drug-likeness (QED) is 0.712. The Bertz CT molecular complexity index is 572. The second-order valence-electron chi connectivity index (χ2n) is 7.33. The van der Waals surface area contributed by atoms with Crippen LogP contribution < -0.4 is 10.1 Å². The van der Waals surface area contributed by atoms with Gasteiger partial charge in [0.1, 0.15) is 11.4 Å². The van der Waals surface area contributed by atoms with Gasteiger partial charge in [-0.05, 0) is 68.7 Å². The van der Waals surface area contributed by atoms with Crippen LogP contribution in [0.5, 0.6) is 5.75 Å². The molecule has 2 rings (SSSR count). The van der Waals surface area contributed by atoms with Crippen molar-refractivity contribution in [3.05, 3.63) is 23.8 Å². The summed E-state index contributed by atoms with van der Waals surface area (Å²) in [6.45, 7) is 9.72. The fourth-order valence-corrected chi connectivity index (χ4v) is 3.55. The lowest BCUT2D eigenvalue weighted by Gasteiger charge is -2.38. The third kappa shape index (κ3) is 5.21.